The Hall–Kier alpha value is -1.88. The van der Waals surface area contributed by atoms with Crippen LogP contribution in [0.5, 0.6) is 0 Å². The largest absolute Gasteiger partial charge is 0.481 e. The molecule has 0 aliphatic rings. The first kappa shape index (κ1) is 10.6. The molecule has 1 atom stereocenters. The molecule has 2 aromatic heterocycles. The zero-order valence-corrected chi connectivity index (χ0v) is 8.92. The van der Waals surface area contributed by atoms with E-state index in [1.165, 1.54) is 0 Å². The predicted molar refractivity (Wildman–Crippen MR) is 59.1 cm³/mol. The molecule has 0 saturated carbocycles. The molecule has 0 aliphatic carbocycles. The Kier molecular flexibility index (Phi) is 2.62. The fourth-order valence-corrected chi connectivity index (χ4v) is 1.60. The average molecular weight is 219 g/mol. The van der Waals surface area contributed by atoms with E-state index in [0.29, 0.717) is 5.69 Å². The number of carboxylic acid groups (broad SMARTS) is 1. The molecule has 5 heteroatoms. The molecule has 5 nitrogen and oxygen atoms in total. The maximum absolute atomic E-state index is 10.5. The lowest BCUT2D eigenvalue weighted by molar-refractivity contribution is -0.137. The van der Waals surface area contributed by atoms with Crippen molar-refractivity contribution in [3.05, 3.63) is 35.7 Å². The number of pyridine rings is 1. The number of aliphatic carboxylic acids is 1. The topological polar surface area (TPSA) is 80.6 Å². The lowest BCUT2D eigenvalue weighted by atomic mass is 10.1. The molecule has 2 heterocycles. The van der Waals surface area contributed by atoms with Crippen LogP contribution in [0.15, 0.2) is 24.4 Å². The van der Waals surface area contributed by atoms with Crippen molar-refractivity contribution in [3.63, 3.8) is 0 Å². The Labute approximate surface area is 92.5 Å². The number of rotatable bonds is 3. The number of aromatic nitrogens is 2. The van der Waals surface area contributed by atoms with Gasteiger partial charge < -0.3 is 10.8 Å². The molecule has 84 valence electrons. The van der Waals surface area contributed by atoms with E-state index in [4.69, 9.17) is 10.8 Å². The SMILES string of the molecule is Cc1ccn2nc(C(N)CC(=O)O)cc2c1. The first-order valence-corrected chi connectivity index (χ1v) is 4.99. The number of hydrogen-bond donors (Lipinski definition) is 2. The van der Waals surface area contributed by atoms with Crippen LogP contribution < -0.4 is 5.73 Å². The number of fused-ring (bicyclic) bond motifs is 1. The lowest BCUT2D eigenvalue weighted by Crippen LogP contribution is -2.15. The standard InChI is InChI=1S/C11H13N3O2/c1-7-2-3-14-8(4-7)5-10(13-14)9(12)6-11(15)16/h2-5,9H,6,12H2,1H3,(H,15,16). The van der Waals surface area contributed by atoms with Crippen LogP contribution in [0, 0.1) is 6.92 Å². The van der Waals surface area contributed by atoms with Crippen LogP contribution in [0.4, 0.5) is 0 Å². The van der Waals surface area contributed by atoms with Gasteiger partial charge in [0.15, 0.2) is 0 Å². The Bertz CT molecular complexity index is 533. The van der Waals surface area contributed by atoms with Crippen LogP contribution in [-0.4, -0.2) is 20.7 Å². The molecule has 0 amide bonds. The molecule has 0 radical (unpaired) electrons. The van der Waals surface area contributed by atoms with E-state index in [2.05, 4.69) is 5.10 Å². The monoisotopic (exact) mass is 219 g/mol. The van der Waals surface area contributed by atoms with E-state index in [1.807, 2.05) is 31.3 Å². The van der Waals surface area contributed by atoms with Gasteiger partial charge in [0.1, 0.15) is 0 Å². The van der Waals surface area contributed by atoms with Crippen molar-refractivity contribution < 1.29 is 9.90 Å². The summed E-state index contributed by atoms with van der Waals surface area (Å²) in [5, 5.41) is 12.9. The van der Waals surface area contributed by atoms with Gasteiger partial charge in [-0.05, 0) is 30.7 Å². The zero-order chi connectivity index (χ0) is 11.7. The van der Waals surface area contributed by atoms with Gasteiger partial charge in [-0.2, -0.15) is 5.10 Å². The molecule has 2 rings (SSSR count). The minimum atomic E-state index is -0.916. The summed E-state index contributed by atoms with van der Waals surface area (Å²) in [5.74, 6) is -0.916. The maximum atomic E-state index is 10.5. The summed E-state index contributed by atoms with van der Waals surface area (Å²) in [6.45, 7) is 1.99. The van der Waals surface area contributed by atoms with Crippen LogP contribution in [0.2, 0.25) is 0 Å². The normalized spacial score (nSPS) is 12.9. The van der Waals surface area contributed by atoms with E-state index in [9.17, 15) is 4.79 Å². The Balaban J connectivity index is 2.35. The summed E-state index contributed by atoms with van der Waals surface area (Å²) in [4.78, 5) is 10.5. The van der Waals surface area contributed by atoms with Crippen LogP contribution in [0.3, 0.4) is 0 Å². The summed E-state index contributed by atoms with van der Waals surface area (Å²) in [6.07, 6.45) is 1.73. The first-order chi connectivity index (χ1) is 7.56. The highest BCUT2D eigenvalue weighted by molar-refractivity contribution is 5.68. The summed E-state index contributed by atoms with van der Waals surface area (Å²) >= 11 is 0. The van der Waals surface area contributed by atoms with Crippen molar-refractivity contribution in [1.82, 2.24) is 9.61 Å². The third kappa shape index (κ3) is 2.04. The van der Waals surface area contributed by atoms with Gasteiger partial charge in [-0.1, -0.05) is 0 Å². The molecule has 0 aromatic carbocycles. The third-order valence-electron chi connectivity index (χ3n) is 2.41. The zero-order valence-electron chi connectivity index (χ0n) is 8.92. The highest BCUT2D eigenvalue weighted by Crippen LogP contribution is 2.15. The Morgan fingerprint density at radius 1 is 1.62 bits per heavy atom. The van der Waals surface area contributed by atoms with Crippen molar-refractivity contribution in [2.75, 3.05) is 0 Å². The van der Waals surface area contributed by atoms with Gasteiger partial charge in [0.2, 0.25) is 0 Å². The van der Waals surface area contributed by atoms with Gasteiger partial charge in [-0.15, -0.1) is 0 Å². The molecular formula is C11H13N3O2. The molecule has 0 aliphatic heterocycles. The molecule has 0 spiro atoms. The summed E-state index contributed by atoms with van der Waals surface area (Å²) in [7, 11) is 0. The number of hydrogen-bond acceptors (Lipinski definition) is 3. The van der Waals surface area contributed by atoms with Crippen LogP contribution in [-0.2, 0) is 4.79 Å². The van der Waals surface area contributed by atoms with Crippen molar-refractivity contribution in [1.29, 1.82) is 0 Å². The van der Waals surface area contributed by atoms with Crippen LogP contribution in [0.25, 0.3) is 5.52 Å². The molecule has 1 unspecified atom stereocenters. The molecule has 2 aromatic rings. The van der Waals surface area contributed by atoms with E-state index in [0.717, 1.165) is 11.1 Å². The number of nitrogens with two attached hydrogens (primary N) is 1. The second kappa shape index (κ2) is 3.94. The van der Waals surface area contributed by atoms with E-state index < -0.39 is 12.0 Å². The van der Waals surface area contributed by atoms with Crippen molar-refractivity contribution >= 4 is 11.5 Å². The second-order valence-electron chi connectivity index (χ2n) is 3.85. The fourth-order valence-electron chi connectivity index (χ4n) is 1.60. The van der Waals surface area contributed by atoms with Gasteiger partial charge in [0.25, 0.3) is 0 Å². The highest BCUT2D eigenvalue weighted by Gasteiger charge is 2.14. The summed E-state index contributed by atoms with van der Waals surface area (Å²) in [6, 6.07) is 5.18. The quantitative estimate of drug-likeness (QED) is 0.810. The molecule has 16 heavy (non-hydrogen) atoms. The average Bonchev–Trinajstić information content (AvgIpc) is 2.59. The summed E-state index contributed by atoms with van der Waals surface area (Å²) < 4.78 is 1.70. The van der Waals surface area contributed by atoms with E-state index >= 15 is 0 Å². The Morgan fingerprint density at radius 3 is 3.06 bits per heavy atom. The highest BCUT2D eigenvalue weighted by atomic mass is 16.4. The maximum Gasteiger partial charge on any atom is 0.305 e. The second-order valence-corrected chi connectivity index (χ2v) is 3.85. The number of carboxylic acids is 1. The smallest absolute Gasteiger partial charge is 0.305 e. The van der Waals surface area contributed by atoms with Crippen LogP contribution in [0.1, 0.15) is 23.7 Å². The minimum absolute atomic E-state index is 0.108. The Morgan fingerprint density at radius 2 is 2.38 bits per heavy atom. The van der Waals surface area contributed by atoms with Crippen molar-refractivity contribution in [2.45, 2.75) is 19.4 Å². The molecular weight excluding hydrogens is 206 g/mol. The van der Waals surface area contributed by atoms with Gasteiger partial charge in [-0.25, -0.2) is 4.52 Å². The number of aryl methyl sites for hydroxylation is 1. The third-order valence-corrected chi connectivity index (χ3v) is 2.41. The van der Waals surface area contributed by atoms with Gasteiger partial charge in [0, 0.05) is 6.20 Å². The number of nitrogens with zero attached hydrogens (tertiary/aromatic N) is 2. The van der Waals surface area contributed by atoms with Gasteiger partial charge in [-0.3, -0.25) is 4.79 Å². The fraction of sp³-hybridized carbons (Fsp3) is 0.273. The number of carbonyl (C=O) groups is 1. The lowest BCUT2D eigenvalue weighted by Gasteiger charge is -2.03. The predicted octanol–water partition coefficient (Wildman–Crippen LogP) is 1.12. The van der Waals surface area contributed by atoms with Crippen molar-refractivity contribution in [2.24, 2.45) is 5.73 Å². The van der Waals surface area contributed by atoms with Gasteiger partial charge >= 0.3 is 5.97 Å². The van der Waals surface area contributed by atoms with E-state index in [1.54, 1.807) is 4.52 Å². The van der Waals surface area contributed by atoms with Gasteiger partial charge in [0.05, 0.1) is 23.7 Å². The first-order valence-electron chi connectivity index (χ1n) is 4.99. The van der Waals surface area contributed by atoms with Crippen LogP contribution >= 0.6 is 0 Å². The van der Waals surface area contributed by atoms with Crippen molar-refractivity contribution in [3.8, 4) is 0 Å². The molecule has 0 fully saturated rings. The summed E-state index contributed by atoms with van der Waals surface area (Å²) in [5.41, 5.74) is 8.40. The minimum Gasteiger partial charge on any atom is -0.481 e. The molecule has 0 saturated heterocycles. The molecule has 3 N–H and O–H groups in total. The molecule has 0 bridgehead atoms. The van der Waals surface area contributed by atoms with E-state index in [-0.39, 0.29) is 6.42 Å².